The van der Waals surface area contributed by atoms with Crippen LogP contribution in [0.25, 0.3) is 0 Å². The van der Waals surface area contributed by atoms with Crippen molar-refractivity contribution in [1.82, 2.24) is 10.2 Å². The number of nitrogens with zero attached hydrogens (tertiary/aromatic N) is 1. The molecule has 2 unspecified atom stereocenters. The van der Waals surface area contributed by atoms with Gasteiger partial charge in [0.15, 0.2) is 0 Å². The van der Waals surface area contributed by atoms with Gasteiger partial charge in [-0.05, 0) is 19.3 Å². The molecule has 0 saturated carbocycles. The normalized spacial score (nSPS) is 26.2. The molecule has 3 atom stereocenters. The zero-order chi connectivity index (χ0) is 18.1. The van der Waals surface area contributed by atoms with E-state index < -0.39 is 22.4 Å². The fraction of sp³-hybridized carbons (Fsp3) is 0.615. The van der Waals surface area contributed by atoms with E-state index in [0.717, 1.165) is 0 Å². The lowest BCUT2D eigenvalue weighted by Gasteiger charge is -2.49. The molecular formula is C13H15Cl3N2O4S2. The van der Waals surface area contributed by atoms with Crippen molar-refractivity contribution < 1.29 is 19.1 Å². The number of alkyl halides is 3. The van der Waals surface area contributed by atoms with E-state index in [1.54, 1.807) is 12.3 Å². The van der Waals surface area contributed by atoms with Crippen LogP contribution in [-0.2, 0) is 19.1 Å². The summed E-state index contributed by atoms with van der Waals surface area (Å²) in [5, 5.41) is 2.31. The molecule has 134 valence electrons. The number of carbonyl (C=O) groups is 3. The highest BCUT2D eigenvalue weighted by Crippen LogP contribution is 2.41. The largest absolute Gasteiger partial charge is 0.456 e. The van der Waals surface area contributed by atoms with Crippen LogP contribution in [0, 0.1) is 0 Å². The average molecular weight is 434 g/mol. The molecule has 2 heterocycles. The van der Waals surface area contributed by atoms with Gasteiger partial charge in [-0.15, -0.1) is 11.8 Å². The van der Waals surface area contributed by atoms with Crippen LogP contribution in [0.5, 0.6) is 0 Å². The molecule has 2 amide bonds. The van der Waals surface area contributed by atoms with Crippen molar-refractivity contribution in [3.63, 3.8) is 0 Å². The summed E-state index contributed by atoms with van der Waals surface area (Å²) in [7, 11) is 0. The molecule has 0 radical (unpaired) electrons. The van der Waals surface area contributed by atoms with Crippen molar-refractivity contribution >= 4 is 76.1 Å². The summed E-state index contributed by atoms with van der Waals surface area (Å²) in [5.41, 5.74) is 0.112. The summed E-state index contributed by atoms with van der Waals surface area (Å²) in [6.07, 6.45) is 3.42. The highest BCUT2D eigenvalue weighted by atomic mass is 35.6. The Morgan fingerprint density at radius 2 is 2.12 bits per heavy atom. The Kier molecular flexibility index (Phi) is 6.64. The summed E-state index contributed by atoms with van der Waals surface area (Å²) in [6, 6.07) is -0.651. The minimum atomic E-state index is -1.72. The number of rotatable bonds is 5. The predicted molar refractivity (Wildman–Crippen MR) is 97.3 cm³/mol. The first-order chi connectivity index (χ1) is 11.1. The standard InChI is InChI=1S/C13H15Cl3N2O4S2/c1-6-3-7(12(21)22-5-13(14,15)16)18-10(20)9(11(18)24-6)17-8(19)4-23-2/h3,6,9,11H,4-5H2,1-2H3,(H,17,19)/t6?,9?,11-/m0/s1. The van der Waals surface area contributed by atoms with Crippen molar-refractivity contribution in [2.75, 3.05) is 18.6 Å². The number of ether oxygens (including phenoxy) is 1. The molecule has 0 bridgehead atoms. The lowest BCUT2D eigenvalue weighted by molar-refractivity contribution is -0.152. The summed E-state index contributed by atoms with van der Waals surface area (Å²) < 4.78 is 3.23. The highest BCUT2D eigenvalue weighted by molar-refractivity contribution is 8.00. The predicted octanol–water partition coefficient (Wildman–Crippen LogP) is 1.94. The Balaban J connectivity index is 2.06. The molecule has 6 nitrogen and oxygen atoms in total. The molecule has 2 aliphatic heterocycles. The van der Waals surface area contributed by atoms with E-state index in [4.69, 9.17) is 39.5 Å². The smallest absolute Gasteiger partial charge is 0.354 e. The fourth-order valence-corrected chi connectivity index (χ4v) is 4.13. The molecule has 0 aromatic rings. The number of halogens is 3. The molecular weight excluding hydrogens is 419 g/mol. The summed E-state index contributed by atoms with van der Waals surface area (Å²) in [4.78, 5) is 37.5. The van der Waals surface area contributed by atoms with Crippen LogP contribution >= 0.6 is 58.3 Å². The van der Waals surface area contributed by atoms with E-state index in [0.29, 0.717) is 0 Å². The maximum Gasteiger partial charge on any atom is 0.354 e. The quantitative estimate of drug-likeness (QED) is 0.406. The monoisotopic (exact) mass is 432 g/mol. The molecule has 24 heavy (non-hydrogen) atoms. The number of carbonyl (C=O) groups excluding carboxylic acids is 3. The Morgan fingerprint density at radius 1 is 1.46 bits per heavy atom. The third-order valence-corrected chi connectivity index (χ3v) is 5.42. The molecule has 11 heteroatoms. The number of esters is 1. The molecule has 0 aromatic heterocycles. The van der Waals surface area contributed by atoms with Gasteiger partial charge in [0.1, 0.15) is 23.7 Å². The third kappa shape index (κ3) is 4.66. The van der Waals surface area contributed by atoms with E-state index in [1.807, 2.05) is 6.92 Å². The van der Waals surface area contributed by atoms with Crippen molar-refractivity contribution in [1.29, 1.82) is 0 Å². The van der Waals surface area contributed by atoms with E-state index in [-0.39, 0.29) is 33.9 Å². The first-order valence-electron chi connectivity index (χ1n) is 6.86. The molecule has 0 aromatic carbocycles. The second-order valence-electron chi connectivity index (χ2n) is 5.16. The van der Waals surface area contributed by atoms with Crippen molar-refractivity contribution in [2.24, 2.45) is 0 Å². The average Bonchev–Trinajstić information content (AvgIpc) is 2.49. The van der Waals surface area contributed by atoms with Crippen LogP contribution in [0.2, 0.25) is 0 Å². The Bertz CT molecular complexity index is 582. The van der Waals surface area contributed by atoms with Crippen LogP contribution in [0.3, 0.4) is 0 Å². The minimum Gasteiger partial charge on any atom is -0.456 e. The number of hydrogen-bond donors (Lipinski definition) is 1. The van der Waals surface area contributed by atoms with Crippen LogP contribution in [0.1, 0.15) is 6.92 Å². The van der Waals surface area contributed by atoms with Gasteiger partial charge < -0.3 is 10.1 Å². The van der Waals surface area contributed by atoms with Gasteiger partial charge in [0.2, 0.25) is 9.70 Å². The van der Waals surface area contributed by atoms with Crippen LogP contribution in [-0.4, -0.2) is 61.8 Å². The van der Waals surface area contributed by atoms with E-state index >= 15 is 0 Å². The second-order valence-corrected chi connectivity index (χ2v) is 10.0. The summed E-state index contributed by atoms with van der Waals surface area (Å²) in [6.45, 7) is 1.46. The van der Waals surface area contributed by atoms with Gasteiger partial charge in [0, 0.05) is 5.25 Å². The molecule has 2 aliphatic rings. The minimum absolute atomic E-state index is 0.0328. The van der Waals surface area contributed by atoms with Crippen LogP contribution in [0.15, 0.2) is 11.8 Å². The second kappa shape index (κ2) is 7.95. The van der Waals surface area contributed by atoms with E-state index in [1.165, 1.54) is 28.4 Å². The Labute approximate surface area is 162 Å². The Hall–Kier alpha value is -0.280. The molecule has 0 spiro atoms. The zero-order valence-electron chi connectivity index (χ0n) is 12.8. The van der Waals surface area contributed by atoms with Crippen molar-refractivity contribution in [3.8, 4) is 0 Å². The third-order valence-electron chi connectivity index (χ3n) is 3.22. The Morgan fingerprint density at radius 3 is 2.71 bits per heavy atom. The first kappa shape index (κ1) is 20.0. The zero-order valence-corrected chi connectivity index (χ0v) is 16.7. The molecule has 2 rings (SSSR count). The number of β-lactam (4-membered cyclic amide) rings is 1. The molecule has 1 N–H and O–H groups in total. The molecule has 1 fully saturated rings. The van der Waals surface area contributed by atoms with Gasteiger partial charge in [-0.25, -0.2) is 4.79 Å². The van der Waals surface area contributed by atoms with Gasteiger partial charge in [-0.3, -0.25) is 14.5 Å². The van der Waals surface area contributed by atoms with E-state index in [9.17, 15) is 14.4 Å². The lowest BCUT2D eigenvalue weighted by Crippen LogP contribution is -2.70. The summed E-state index contributed by atoms with van der Waals surface area (Å²) >= 11 is 19.5. The van der Waals surface area contributed by atoms with E-state index in [2.05, 4.69) is 5.32 Å². The SMILES string of the molecule is CSCC(=O)NC1C(=O)N2C(C(=O)OCC(Cl)(Cl)Cl)=CC(C)S[C@@H]12. The fourth-order valence-electron chi connectivity index (χ4n) is 2.29. The van der Waals surface area contributed by atoms with Gasteiger partial charge in [-0.2, -0.15) is 11.8 Å². The number of thioether (sulfide) groups is 2. The summed E-state index contributed by atoms with van der Waals surface area (Å²) in [5.74, 6) is -1.04. The van der Waals surface area contributed by atoms with Crippen LogP contribution < -0.4 is 5.32 Å². The molecule has 0 aliphatic carbocycles. The number of fused-ring (bicyclic) bond motifs is 1. The maximum atomic E-state index is 12.3. The lowest BCUT2D eigenvalue weighted by atomic mass is 10.0. The molecule has 1 saturated heterocycles. The number of hydrogen-bond acceptors (Lipinski definition) is 6. The highest BCUT2D eigenvalue weighted by Gasteiger charge is 2.54. The topological polar surface area (TPSA) is 75.7 Å². The van der Waals surface area contributed by atoms with Crippen molar-refractivity contribution in [3.05, 3.63) is 11.8 Å². The van der Waals surface area contributed by atoms with Gasteiger partial charge in [0.05, 0.1) is 5.75 Å². The van der Waals surface area contributed by atoms with Gasteiger partial charge in [0.25, 0.3) is 5.91 Å². The van der Waals surface area contributed by atoms with Crippen LogP contribution in [0.4, 0.5) is 0 Å². The van der Waals surface area contributed by atoms with Crippen molar-refractivity contribution in [2.45, 2.75) is 27.4 Å². The van der Waals surface area contributed by atoms with Gasteiger partial charge >= 0.3 is 5.97 Å². The maximum absolute atomic E-state index is 12.3. The van der Waals surface area contributed by atoms with Gasteiger partial charge in [-0.1, -0.05) is 34.8 Å². The first-order valence-corrected chi connectivity index (χ1v) is 10.3. The number of amides is 2. The number of nitrogens with one attached hydrogen (secondary N) is 1.